The third-order valence-corrected chi connectivity index (χ3v) is 12.1. The van der Waals surface area contributed by atoms with Crippen LogP contribution in [0, 0.1) is 0 Å². The fourth-order valence-corrected chi connectivity index (χ4v) is 8.41. The Morgan fingerprint density at radius 3 is 0.283 bits per heavy atom. The van der Waals surface area contributed by atoms with Crippen molar-refractivity contribution >= 4 is 12.6 Å². The molecule has 0 rings (SSSR count). The van der Waals surface area contributed by atoms with Gasteiger partial charge in [-0.25, -0.2) is 0 Å². The molecule has 2 nitrogen and oxygen atoms in total. The summed E-state index contributed by atoms with van der Waals surface area (Å²) in [4.78, 5) is 20.6. The van der Waals surface area contributed by atoms with E-state index in [1.165, 1.54) is 289 Å². The van der Waals surface area contributed by atoms with Gasteiger partial charge in [-0.15, -0.1) is 0 Å². The molecule has 0 spiro atoms. The number of carbonyl (C=O) groups is 2. The minimum Gasteiger partial charge on any atom is -0.303 e. The van der Waals surface area contributed by atoms with Gasteiger partial charge in [0.2, 0.25) is 0 Å². The van der Waals surface area contributed by atoms with Crippen molar-refractivity contribution in [1.29, 1.82) is 0 Å². The summed E-state index contributed by atoms with van der Waals surface area (Å²) in [5.74, 6) is 0. The molecule has 316 valence electrons. The topological polar surface area (TPSA) is 34.1 Å². The van der Waals surface area contributed by atoms with Gasteiger partial charge < -0.3 is 9.59 Å². The molecule has 2 heteroatoms. The van der Waals surface area contributed by atoms with Gasteiger partial charge in [0.15, 0.2) is 0 Å². The van der Waals surface area contributed by atoms with Gasteiger partial charge in [0.1, 0.15) is 12.6 Å². The highest BCUT2D eigenvalue weighted by Gasteiger charge is 1.99. The van der Waals surface area contributed by atoms with E-state index in [4.69, 9.17) is 0 Å². The maximum atomic E-state index is 10.3. The van der Waals surface area contributed by atoms with Gasteiger partial charge in [0.25, 0.3) is 0 Å². The Kier molecular flexibility index (Phi) is 50.7. The van der Waals surface area contributed by atoms with Crippen molar-refractivity contribution in [3.8, 4) is 0 Å². The lowest BCUT2D eigenvalue weighted by atomic mass is 10.0. The van der Waals surface area contributed by atoms with Gasteiger partial charge in [0, 0.05) is 12.8 Å². The lowest BCUT2D eigenvalue weighted by molar-refractivity contribution is -0.108. The van der Waals surface area contributed by atoms with Crippen LogP contribution in [0.25, 0.3) is 0 Å². The third-order valence-electron chi connectivity index (χ3n) is 12.1. The smallest absolute Gasteiger partial charge is 0.119 e. The fourth-order valence-electron chi connectivity index (χ4n) is 8.41. The number of rotatable bonds is 50. The second kappa shape index (κ2) is 51.3. The van der Waals surface area contributed by atoms with E-state index in [2.05, 4.69) is 0 Å². The summed E-state index contributed by atoms with van der Waals surface area (Å²) in [5.41, 5.74) is 0. The molecule has 0 aromatic rings. The number of unbranched alkanes of at least 4 members (excludes halogenated alkanes) is 48. The van der Waals surface area contributed by atoms with Crippen molar-refractivity contribution in [2.45, 2.75) is 315 Å². The van der Waals surface area contributed by atoms with Crippen molar-refractivity contribution in [3.05, 3.63) is 0 Å². The van der Waals surface area contributed by atoms with Crippen molar-refractivity contribution in [2.75, 3.05) is 0 Å². The summed E-state index contributed by atoms with van der Waals surface area (Å²) in [7, 11) is 0. The Bertz CT molecular complexity index is 590. The van der Waals surface area contributed by atoms with Crippen LogP contribution in [-0.2, 0) is 9.59 Å². The van der Waals surface area contributed by atoms with Gasteiger partial charge in [-0.3, -0.25) is 0 Å². The van der Waals surface area contributed by atoms with E-state index >= 15 is 0 Å². The first-order chi connectivity index (χ1) is 26.4. The average Bonchev–Trinajstić information content (AvgIpc) is 3.17. The van der Waals surface area contributed by atoms with Gasteiger partial charge in [0.05, 0.1) is 0 Å². The third kappa shape index (κ3) is 51.3. The van der Waals surface area contributed by atoms with Gasteiger partial charge in [-0.1, -0.05) is 289 Å². The number of hydrogen-bond acceptors (Lipinski definition) is 2. The molecular weight excluding hydrogens is 645 g/mol. The zero-order valence-corrected chi connectivity index (χ0v) is 36.6. The standard InChI is InChI=1S/C51H100O2/c52-50-48-46-44-42-40-38-36-34-32-30-28-26-24-22-20-18-16-14-12-10-8-6-4-2-1-3-5-7-9-11-13-15-17-19-21-23-25-27-29-31-33-35-37-39-41-43-45-47-49-51-53/h50-51H,1-49H2. The molecule has 0 bridgehead atoms. The minimum absolute atomic E-state index is 0.762. The highest BCUT2D eigenvalue weighted by molar-refractivity contribution is 5.49. The number of hydrogen-bond donors (Lipinski definition) is 0. The highest BCUT2D eigenvalue weighted by Crippen LogP contribution is 2.18. The number of carbonyl (C=O) groups excluding carboxylic acids is 2. The summed E-state index contributed by atoms with van der Waals surface area (Å²) >= 11 is 0. The van der Waals surface area contributed by atoms with Gasteiger partial charge in [-0.2, -0.15) is 0 Å². The molecule has 0 radical (unpaired) electrons. The van der Waals surface area contributed by atoms with E-state index in [9.17, 15) is 9.59 Å². The second-order valence-corrected chi connectivity index (χ2v) is 17.5. The molecule has 0 fully saturated rings. The summed E-state index contributed by atoms with van der Waals surface area (Å²) in [6.07, 6.45) is 70.9. The van der Waals surface area contributed by atoms with E-state index < -0.39 is 0 Å². The van der Waals surface area contributed by atoms with E-state index in [1.54, 1.807) is 0 Å². The molecule has 0 saturated heterocycles. The first-order valence-electron chi connectivity index (χ1n) is 25.3. The van der Waals surface area contributed by atoms with Gasteiger partial charge >= 0.3 is 0 Å². The van der Waals surface area contributed by atoms with Crippen molar-refractivity contribution in [1.82, 2.24) is 0 Å². The molecule has 0 aromatic heterocycles. The monoisotopic (exact) mass is 745 g/mol. The van der Waals surface area contributed by atoms with Crippen LogP contribution in [0.4, 0.5) is 0 Å². The van der Waals surface area contributed by atoms with E-state index in [0.717, 1.165) is 38.3 Å². The van der Waals surface area contributed by atoms with Crippen LogP contribution in [0.5, 0.6) is 0 Å². The van der Waals surface area contributed by atoms with Crippen LogP contribution in [0.2, 0.25) is 0 Å². The summed E-state index contributed by atoms with van der Waals surface area (Å²) < 4.78 is 0. The molecule has 0 aliphatic rings. The van der Waals surface area contributed by atoms with Gasteiger partial charge in [-0.05, 0) is 12.8 Å². The molecule has 0 unspecified atom stereocenters. The first-order valence-corrected chi connectivity index (χ1v) is 25.3. The van der Waals surface area contributed by atoms with Crippen molar-refractivity contribution in [2.24, 2.45) is 0 Å². The van der Waals surface area contributed by atoms with Crippen LogP contribution < -0.4 is 0 Å². The Morgan fingerprint density at radius 1 is 0.132 bits per heavy atom. The zero-order valence-electron chi connectivity index (χ0n) is 36.6. The SMILES string of the molecule is O=CCCCCCCCCCCCCCCCCCCCCCCCCCCCCCCCCCCCCCCCCCCCCCCCCCC=O. The van der Waals surface area contributed by atoms with Crippen molar-refractivity contribution in [3.63, 3.8) is 0 Å². The molecule has 0 aromatic carbocycles. The lowest BCUT2D eigenvalue weighted by Gasteiger charge is -2.05. The van der Waals surface area contributed by atoms with Crippen LogP contribution in [-0.4, -0.2) is 12.6 Å². The largest absolute Gasteiger partial charge is 0.303 e. The molecule has 0 atom stereocenters. The van der Waals surface area contributed by atoms with E-state index in [0.29, 0.717) is 0 Å². The highest BCUT2D eigenvalue weighted by atomic mass is 16.1. The van der Waals surface area contributed by atoms with Crippen LogP contribution in [0.15, 0.2) is 0 Å². The molecule has 0 aliphatic carbocycles. The average molecular weight is 745 g/mol. The predicted molar refractivity (Wildman–Crippen MR) is 238 cm³/mol. The minimum atomic E-state index is 0.762. The second-order valence-electron chi connectivity index (χ2n) is 17.5. The Balaban J connectivity index is 3.05. The summed E-state index contributed by atoms with van der Waals surface area (Å²) in [6.45, 7) is 0. The molecule has 0 saturated carbocycles. The van der Waals surface area contributed by atoms with E-state index in [1.807, 2.05) is 0 Å². The first kappa shape index (κ1) is 52.3. The quantitative estimate of drug-likeness (QED) is 0.0459. The van der Waals surface area contributed by atoms with Crippen LogP contribution in [0.1, 0.15) is 315 Å². The molecule has 0 heterocycles. The Labute approximate surface area is 335 Å². The summed E-state index contributed by atoms with van der Waals surface area (Å²) in [5, 5.41) is 0. The fraction of sp³-hybridized carbons (Fsp3) is 0.961. The van der Waals surface area contributed by atoms with Crippen molar-refractivity contribution < 1.29 is 9.59 Å². The molecular formula is C51H100O2. The normalized spacial score (nSPS) is 11.5. The Hall–Kier alpha value is -0.660. The molecule has 0 aliphatic heterocycles. The molecule has 53 heavy (non-hydrogen) atoms. The predicted octanol–water partition coefficient (Wildman–Crippen LogP) is 18.5. The molecule has 0 N–H and O–H groups in total. The van der Waals surface area contributed by atoms with Crippen LogP contribution >= 0.6 is 0 Å². The van der Waals surface area contributed by atoms with E-state index in [-0.39, 0.29) is 0 Å². The maximum absolute atomic E-state index is 10.3. The maximum Gasteiger partial charge on any atom is 0.119 e. The number of aldehydes is 2. The summed E-state index contributed by atoms with van der Waals surface area (Å²) in [6, 6.07) is 0. The molecule has 0 amide bonds. The lowest BCUT2D eigenvalue weighted by Crippen LogP contribution is -1.85. The zero-order chi connectivity index (χ0) is 38.1. The van der Waals surface area contributed by atoms with Crippen LogP contribution in [0.3, 0.4) is 0 Å². The Morgan fingerprint density at radius 2 is 0.208 bits per heavy atom.